The van der Waals surface area contributed by atoms with Crippen molar-refractivity contribution in [2.24, 2.45) is 0 Å². The molecule has 0 aliphatic heterocycles. The quantitative estimate of drug-likeness (QED) is 0.0169. The summed E-state index contributed by atoms with van der Waals surface area (Å²) in [6, 6.07) is 0. The standard InChI is InChI=1S/C79H130O17P2/c1-5-9-13-17-21-25-29-32-35-36-39-41-45-48-52-56-60-64-77(82)90-70-75(96-79(84)66-62-58-54-50-46-42-38-34-31-27-23-19-15-11-7-3)72-94-98(87,88)92-68-73(80)67-91-97(85,86)93-71-74(95-78(83)65-61-57-53-49-43-28-24-20-16-12-8-4)69-89-76(81)63-59-55-51-47-44-40-37-33-30-26-22-18-14-10-6-2/h9,11,13,15,20-21,23-25,27,32-35,37-39,41,46,48,50,52,58,62,73-75,80H,5-8,10,12,14,16-19,22,26,28-31,36,40,42-45,47,49,51,53-57,59-61,63-72H2,1-4H3,(H,85,86)(H,87,88)/b13-9-,15-11-,24-20-,25-21-,27-23-,35-32-,37-33-,38-34-,41-39-,50-46-,52-48-,62-58-. The van der Waals surface area contributed by atoms with Crippen molar-refractivity contribution in [1.29, 1.82) is 0 Å². The summed E-state index contributed by atoms with van der Waals surface area (Å²) >= 11 is 0. The maximum Gasteiger partial charge on any atom is 0.472 e. The highest BCUT2D eigenvalue weighted by Gasteiger charge is 2.30. The summed E-state index contributed by atoms with van der Waals surface area (Å²) in [5.74, 6) is -2.42. The number of carbonyl (C=O) groups excluding carboxylic acids is 4. The molecule has 0 amide bonds. The van der Waals surface area contributed by atoms with Gasteiger partial charge in [0, 0.05) is 19.3 Å². The number of aliphatic hydroxyl groups is 1. The van der Waals surface area contributed by atoms with E-state index >= 15 is 0 Å². The monoisotopic (exact) mass is 1410 g/mol. The van der Waals surface area contributed by atoms with Gasteiger partial charge in [0.15, 0.2) is 12.2 Å². The molecule has 0 aliphatic carbocycles. The Bertz CT molecular complexity index is 2430. The first-order chi connectivity index (χ1) is 47.7. The predicted octanol–water partition coefficient (Wildman–Crippen LogP) is 21.1. The fourth-order valence-corrected chi connectivity index (χ4v) is 10.8. The average molecular weight is 1410 g/mol. The Morgan fingerprint density at radius 3 is 0.990 bits per heavy atom. The van der Waals surface area contributed by atoms with Crippen LogP contribution >= 0.6 is 15.6 Å². The highest BCUT2D eigenvalue weighted by atomic mass is 31.2. The van der Waals surface area contributed by atoms with Gasteiger partial charge in [-0.25, -0.2) is 9.13 Å². The SMILES string of the molecule is CC/C=C\C/C=C\C/C=C\C/C=C\C/C=C\CCCC(=O)OCC(COP(=O)(O)OCC(O)COP(=O)(O)OCC(COC(=O)CCCCCCC/C=C\CCCCCCCC)OC(=O)CCCCCCC/C=C\CCCC)OC(=O)C/C=C\C/C=C\C/C=C\C/C=C\C/C=C\CC. The summed E-state index contributed by atoms with van der Waals surface area (Å²) in [4.78, 5) is 72.6. The molecule has 0 radical (unpaired) electrons. The molecular weight excluding hydrogens is 1280 g/mol. The number of hydrogen-bond acceptors (Lipinski definition) is 15. The number of phosphoric ester groups is 2. The highest BCUT2D eigenvalue weighted by molar-refractivity contribution is 7.47. The molecule has 0 saturated heterocycles. The molecule has 558 valence electrons. The van der Waals surface area contributed by atoms with E-state index in [0.29, 0.717) is 32.1 Å². The minimum Gasteiger partial charge on any atom is -0.462 e. The molecule has 0 saturated carbocycles. The third kappa shape index (κ3) is 69.4. The van der Waals surface area contributed by atoms with Gasteiger partial charge in [-0.05, 0) is 135 Å². The average Bonchev–Trinajstić information content (AvgIpc) is 0.986. The molecule has 0 fully saturated rings. The van der Waals surface area contributed by atoms with Crippen molar-refractivity contribution in [3.8, 4) is 0 Å². The molecule has 17 nitrogen and oxygen atoms in total. The van der Waals surface area contributed by atoms with Gasteiger partial charge in [-0.1, -0.05) is 257 Å². The van der Waals surface area contributed by atoms with Crippen molar-refractivity contribution in [2.45, 2.75) is 290 Å². The van der Waals surface area contributed by atoms with Crippen LogP contribution in [0.4, 0.5) is 0 Å². The van der Waals surface area contributed by atoms with Crippen LogP contribution < -0.4 is 0 Å². The number of ether oxygens (including phenoxy) is 4. The van der Waals surface area contributed by atoms with Crippen LogP contribution in [0.15, 0.2) is 146 Å². The minimum atomic E-state index is -5.01. The van der Waals surface area contributed by atoms with Gasteiger partial charge >= 0.3 is 39.5 Å². The normalized spacial score (nSPS) is 14.8. The van der Waals surface area contributed by atoms with Crippen LogP contribution in [0.2, 0.25) is 0 Å². The molecule has 0 rings (SSSR count). The van der Waals surface area contributed by atoms with Crippen LogP contribution in [-0.4, -0.2) is 96.7 Å². The zero-order valence-electron chi connectivity index (χ0n) is 60.7. The Labute approximate surface area is 592 Å². The molecule has 98 heavy (non-hydrogen) atoms. The van der Waals surface area contributed by atoms with E-state index in [4.69, 9.17) is 37.0 Å². The largest absolute Gasteiger partial charge is 0.472 e. The molecule has 0 aromatic heterocycles. The fourth-order valence-electron chi connectivity index (χ4n) is 9.19. The van der Waals surface area contributed by atoms with Crippen molar-refractivity contribution in [3.05, 3.63) is 146 Å². The number of esters is 4. The second-order valence-electron chi connectivity index (χ2n) is 24.1. The van der Waals surface area contributed by atoms with Crippen LogP contribution in [0.3, 0.4) is 0 Å². The zero-order chi connectivity index (χ0) is 71.8. The van der Waals surface area contributed by atoms with E-state index < -0.39 is 97.5 Å². The van der Waals surface area contributed by atoms with Crippen LogP contribution in [0.1, 0.15) is 272 Å². The highest BCUT2D eigenvalue weighted by Crippen LogP contribution is 2.45. The van der Waals surface area contributed by atoms with E-state index in [0.717, 1.165) is 135 Å². The first-order valence-corrected chi connectivity index (χ1v) is 40.1. The van der Waals surface area contributed by atoms with Gasteiger partial charge in [-0.15, -0.1) is 0 Å². The van der Waals surface area contributed by atoms with Crippen molar-refractivity contribution in [1.82, 2.24) is 0 Å². The van der Waals surface area contributed by atoms with Crippen molar-refractivity contribution in [2.75, 3.05) is 39.6 Å². The molecule has 0 bridgehead atoms. The maximum absolute atomic E-state index is 13.0. The van der Waals surface area contributed by atoms with Gasteiger partial charge < -0.3 is 33.8 Å². The first-order valence-electron chi connectivity index (χ1n) is 37.1. The third-order valence-electron chi connectivity index (χ3n) is 14.8. The Kier molecular flexibility index (Phi) is 66.7. The molecule has 3 N–H and O–H groups in total. The number of hydrogen-bond donors (Lipinski definition) is 3. The number of aliphatic hydroxyl groups excluding tert-OH is 1. The molecule has 5 atom stereocenters. The predicted molar refractivity (Wildman–Crippen MR) is 399 cm³/mol. The summed E-state index contributed by atoms with van der Waals surface area (Å²) in [6.45, 7) is 4.37. The van der Waals surface area contributed by atoms with Crippen molar-refractivity contribution < 1.29 is 80.2 Å². The fraction of sp³-hybridized carbons (Fsp3) is 0.646. The van der Waals surface area contributed by atoms with E-state index in [1.165, 1.54) is 51.4 Å². The van der Waals surface area contributed by atoms with Gasteiger partial charge in [0.25, 0.3) is 0 Å². The maximum atomic E-state index is 13.0. The lowest BCUT2D eigenvalue weighted by Gasteiger charge is -2.21. The summed E-state index contributed by atoms with van der Waals surface area (Å²) in [6.07, 6.45) is 79.0. The number of allylic oxidation sites excluding steroid dienone is 23. The second kappa shape index (κ2) is 70.4. The molecule has 0 spiro atoms. The van der Waals surface area contributed by atoms with Crippen LogP contribution in [0.25, 0.3) is 0 Å². The number of unbranched alkanes of at least 4 members (excludes halogenated alkanes) is 19. The summed E-state index contributed by atoms with van der Waals surface area (Å²) in [5.41, 5.74) is 0. The Morgan fingerprint density at radius 2 is 0.592 bits per heavy atom. The van der Waals surface area contributed by atoms with Gasteiger partial charge in [-0.2, -0.15) is 0 Å². The van der Waals surface area contributed by atoms with Gasteiger partial charge in [0.1, 0.15) is 19.3 Å². The number of phosphoric acid groups is 2. The van der Waals surface area contributed by atoms with E-state index in [-0.39, 0.29) is 25.7 Å². The Balaban J connectivity index is 5.47. The second-order valence-corrected chi connectivity index (χ2v) is 27.0. The molecule has 0 aromatic rings. The van der Waals surface area contributed by atoms with E-state index in [1.807, 2.05) is 24.3 Å². The lowest BCUT2D eigenvalue weighted by atomic mass is 10.1. The zero-order valence-corrected chi connectivity index (χ0v) is 62.4. The lowest BCUT2D eigenvalue weighted by molar-refractivity contribution is -0.161. The Morgan fingerprint density at radius 1 is 0.306 bits per heavy atom. The van der Waals surface area contributed by atoms with Crippen LogP contribution in [0, 0.1) is 0 Å². The van der Waals surface area contributed by atoms with E-state index in [9.17, 15) is 43.2 Å². The van der Waals surface area contributed by atoms with Gasteiger partial charge in [0.05, 0.1) is 32.8 Å². The topological polar surface area (TPSA) is 237 Å². The van der Waals surface area contributed by atoms with Gasteiger partial charge in [-0.3, -0.25) is 37.3 Å². The Hall–Kier alpha value is -5.06. The summed E-state index contributed by atoms with van der Waals surface area (Å²) < 4.78 is 68.1. The van der Waals surface area contributed by atoms with E-state index in [2.05, 4.69) is 137 Å². The summed E-state index contributed by atoms with van der Waals surface area (Å²) in [5, 5.41) is 10.6. The van der Waals surface area contributed by atoms with Crippen molar-refractivity contribution in [3.63, 3.8) is 0 Å². The molecule has 5 unspecified atom stereocenters. The molecule has 19 heteroatoms. The third-order valence-corrected chi connectivity index (χ3v) is 16.7. The first kappa shape index (κ1) is 92.9. The number of carbonyl (C=O) groups is 4. The molecule has 0 aliphatic rings. The minimum absolute atomic E-state index is 0.0588. The smallest absolute Gasteiger partial charge is 0.462 e. The van der Waals surface area contributed by atoms with Crippen molar-refractivity contribution >= 4 is 39.5 Å². The number of rotatable bonds is 68. The van der Waals surface area contributed by atoms with E-state index in [1.54, 1.807) is 12.2 Å². The van der Waals surface area contributed by atoms with Crippen LogP contribution in [0.5, 0.6) is 0 Å². The molecule has 0 aromatic carbocycles. The summed E-state index contributed by atoms with van der Waals surface area (Å²) in [7, 11) is -10.0. The van der Waals surface area contributed by atoms with Crippen LogP contribution in [-0.2, 0) is 65.4 Å². The molecular formula is C79H130O17P2. The molecule has 0 heterocycles. The van der Waals surface area contributed by atoms with Gasteiger partial charge in [0.2, 0.25) is 0 Å². The lowest BCUT2D eigenvalue weighted by Crippen LogP contribution is -2.30.